The van der Waals surface area contributed by atoms with Gasteiger partial charge in [0.15, 0.2) is 0 Å². The molecular weight excluding hydrogens is 178 g/mol. The van der Waals surface area contributed by atoms with Crippen molar-refractivity contribution in [2.24, 2.45) is 0 Å². The van der Waals surface area contributed by atoms with Crippen molar-refractivity contribution in [2.45, 2.75) is 26.7 Å². The summed E-state index contributed by atoms with van der Waals surface area (Å²) in [7, 11) is 0. The molecule has 0 aromatic carbocycles. The number of thiocarbonyl (C=S) groups is 1. The van der Waals surface area contributed by atoms with Crippen LogP contribution in [0.2, 0.25) is 0 Å². The van der Waals surface area contributed by atoms with E-state index in [9.17, 15) is 4.79 Å². The van der Waals surface area contributed by atoms with E-state index >= 15 is 0 Å². The van der Waals surface area contributed by atoms with Gasteiger partial charge in [-0.05, 0) is 12.2 Å². The zero-order valence-corrected chi connectivity index (χ0v) is 8.48. The van der Waals surface area contributed by atoms with Crippen molar-refractivity contribution < 1.29 is 4.79 Å². The predicted molar refractivity (Wildman–Crippen MR) is 53.8 cm³/mol. The molecule has 0 aromatic heterocycles. The summed E-state index contributed by atoms with van der Waals surface area (Å²) in [6.45, 7) is 3.97. The standard InChI is InChI=1S/C7H13NOS2/c1-3-5-6(9)8-7(10)11-4-2/h3-5H2,1-2H3,(H,8,9,10). The molecule has 0 aromatic rings. The van der Waals surface area contributed by atoms with Crippen LogP contribution in [0.1, 0.15) is 26.7 Å². The Morgan fingerprint density at radius 1 is 1.55 bits per heavy atom. The summed E-state index contributed by atoms with van der Waals surface area (Å²) in [6.07, 6.45) is 1.43. The lowest BCUT2D eigenvalue weighted by atomic mass is 10.3. The van der Waals surface area contributed by atoms with Gasteiger partial charge in [-0.15, -0.1) is 0 Å². The predicted octanol–water partition coefficient (Wildman–Crippen LogP) is 1.94. The molecule has 0 saturated carbocycles. The molecule has 0 heterocycles. The maximum Gasteiger partial charge on any atom is 0.225 e. The zero-order valence-electron chi connectivity index (χ0n) is 6.85. The van der Waals surface area contributed by atoms with Crippen LogP contribution in [0.15, 0.2) is 0 Å². The average Bonchev–Trinajstić information content (AvgIpc) is 1.87. The summed E-state index contributed by atoms with van der Waals surface area (Å²) in [4.78, 5) is 10.9. The van der Waals surface area contributed by atoms with E-state index in [0.717, 1.165) is 12.2 Å². The number of hydrogen-bond donors (Lipinski definition) is 1. The number of thioether (sulfide) groups is 1. The Hall–Kier alpha value is -0.0900. The number of hydrogen-bond acceptors (Lipinski definition) is 3. The molecule has 1 amide bonds. The second-order valence-corrected chi connectivity index (χ2v) is 3.96. The van der Waals surface area contributed by atoms with Gasteiger partial charge in [-0.25, -0.2) is 0 Å². The number of carbonyl (C=O) groups excluding carboxylic acids is 1. The molecule has 11 heavy (non-hydrogen) atoms. The van der Waals surface area contributed by atoms with Crippen LogP contribution in [0.4, 0.5) is 0 Å². The van der Waals surface area contributed by atoms with Crippen LogP contribution >= 0.6 is 24.0 Å². The molecule has 2 nitrogen and oxygen atoms in total. The molecule has 0 fully saturated rings. The van der Waals surface area contributed by atoms with Crippen LogP contribution in [0.25, 0.3) is 0 Å². The Morgan fingerprint density at radius 2 is 2.18 bits per heavy atom. The molecule has 0 bridgehead atoms. The molecular formula is C7H13NOS2. The Bertz CT molecular complexity index is 131. The fraction of sp³-hybridized carbons (Fsp3) is 0.714. The molecule has 0 aliphatic carbocycles. The lowest BCUT2D eigenvalue weighted by Crippen LogP contribution is -2.26. The summed E-state index contributed by atoms with van der Waals surface area (Å²) in [5, 5.41) is 2.64. The Labute approximate surface area is 77.1 Å². The smallest absolute Gasteiger partial charge is 0.225 e. The highest BCUT2D eigenvalue weighted by molar-refractivity contribution is 8.23. The molecule has 4 heteroatoms. The second-order valence-electron chi connectivity index (χ2n) is 2.02. The number of rotatable bonds is 3. The third kappa shape index (κ3) is 6.31. The van der Waals surface area contributed by atoms with Gasteiger partial charge in [0.25, 0.3) is 0 Å². The van der Waals surface area contributed by atoms with Crippen LogP contribution in [0.3, 0.4) is 0 Å². The van der Waals surface area contributed by atoms with Gasteiger partial charge in [0.05, 0.1) is 0 Å². The van der Waals surface area contributed by atoms with Gasteiger partial charge in [0, 0.05) is 6.42 Å². The van der Waals surface area contributed by atoms with E-state index in [1.807, 2.05) is 13.8 Å². The van der Waals surface area contributed by atoms with Gasteiger partial charge < -0.3 is 5.32 Å². The first kappa shape index (κ1) is 10.9. The van der Waals surface area contributed by atoms with Gasteiger partial charge in [-0.2, -0.15) is 0 Å². The fourth-order valence-corrected chi connectivity index (χ4v) is 1.49. The summed E-state index contributed by atoms with van der Waals surface area (Å²) >= 11 is 6.36. The molecule has 1 N–H and O–H groups in total. The third-order valence-electron chi connectivity index (χ3n) is 0.994. The minimum absolute atomic E-state index is 0.0263. The fourth-order valence-electron chi connectivity index (χ4n) is 0.571. The topological polar surface area (TPSA) is 29.1 Å². The normalized spacial score (nSPS) is 9.27. The summed E-state index contributed by atoms with van der Waals surface area (Å²) in [5.74, 6) is 0.934. The minimum atomic E-state index is 0.0263. The highest BCUT2D eigenvalue weighted by Crippen LogP contribution is 2.00. The first-order valence-corrected chi connectivity index (χ1v) is 5.06. The van der Waals surface area contributed by atoms with E-state index in [-0.39, 0.29) is 5.91 Å². The van der Waals surface area contributed by atoms with E-state index in [4.69, 9.17) is 12.2 Å². The summed E-state index contributed by atoms with van der Waals surface area (Å²) < 4.78 is 0.589. The molecule has 0 spiro atoms. The molecule has 0 radical (unpaired) electrons. The average molecular weight is 191 g/mol. The molecule has 0 rings (SSSR count). The monoisotopic (exact) mass is 191 g/mol. The molecule has 0 atom stereocenters. The van der Waals surface area contributed by atoms with Crippen LogP contribution < -0.4 is 5.32 Å². The Morgan fingerprint density at radius 3 is 2.64 bits per heavy atom. The minimum Gasteiger partial charge on any atom is -0.312 e. The van der Waals surface area contributed by atoms with Gasteiger partial charge in [0.2, 0.25) is 5.91 Å². The van der Waals surface area contributed by atoms with E-state index in [0.29, 0.717) is 10.7 Å². The van der Waals surface area contributed by atoms with Gasteiger partial charge in [-0.1, -0.05) is 37.8 Å². The van der Waals surface area contributed by atoms with Crippen molar-refractivity contribution in [3.63, 3.8) is 0 Å². The van der Waals surface area contributed by atoms with Gasteiger partial charge >= 0.3 is 0 Å². The largest absolute Gasteiger partial charge is 0.312 e. The first-order chi connectivity index (χ1) is 5.20. The molecule has 64 valence electrons. The zero-order chi connectivity index (χ0) is 8.69. The Balaban J connectivity index is 3.49. The first-order valence-electron chi connectivity index (χ1n) is 3.67. The van der Waals surface area contributed by atoms with Gasteiger partial charge in [0.1, 0.15) is 4.32 Å². The van der Waals surface area contributed by atoms with Crippen molar-refractivity contribution in [1.29, 1.82) is 0 Å². The quantitative estimate of drug-likeness (QED) is 0.691. The van der Waals surface area contributed by atoms with E-state index in [2.05, 4.69) is 5.32 Å². The van der Waals surface area contributed by atoms with Gasteiger partial charge in [-0.3, -0.25) is 4.79 Å². The molecule has 0 aliphatic heterocycles. The highest BCUT2D eigenvalue weighted by Gasteiger charge is 2.01. The SMILES string of the molecule is CCCC(=O)NC(=S)SCC. The Kier molecular flexibility index (Phi) is 6.56. The second kappa shape index (κ2) is 6.61. The van der Waals surface area contributed by atoms with Crippen LogP contribution in [0.5, 0.6) is 0 Å². The van der Waals surface area contributed by atoms with Crippen molar-refractivity contribution in [3.8, 4) is 0 Å². The summed E-state index contributed by atoms with van der Waals surface area (Å²) in [5.41, 5.74) is 0. The molecule has 0 saturated heterocycles. The van der Waals surface area contributed by atoms with Crippen molar-refractivity contribution in [2.75, 3.05) is 5.75 Å². The van der Waals surface area contributed by atoms with Crippen molar-refractivity contribution in [1.82, 2.24) is 5.32 Å². The number of amides is 1. The van der Waals surface area contributed by atoms with Crippen LogP contribution in [-0.2, 0) is 4.79 Å². The third-order valence-corrected chi connectivity index (χ3v) is 2.10. The van der Waals surface area contributed by atoms with Crippen LogP contribution in [0, 0.1) is 0 Å². The lowest BCUT2D eigenvalue weighted by molar-refractivity contribution is -0.119. The van der Waals surface area contributed by atoms with E-state index in [1.165, 1.54) is 11.8 Å². The van der Waals surface area contributed by atoms with Crippen molar-refractivity contribution >= 4 is 34.2 Å². The van der Waals surface area contributed by atoms with Crippen LogP contribution in [-0.4, -0.2) is 16.0 Å². The van der Waals surface area contributed by atoms with E-state index in [1.54, 1.807) is 0 Å². The maximum atomic E-state index is 10.9. The highest BCUT2D eigenvalue weighted by atomic mass is 32.2. The number of carbonyl (C=O) groups is 1. The van der Waals surface area contributed by atoms with E-state index < -0.39 is 0 Å². The maximum absolute atomic E-state index is 10.9. The van der Waals surface area contributed by atoms with Crippen molar-refractivity contribution in [3.05, 3.63) is 0 Å². The molecule has 0 unspecified atom stereocenters. The molecule has 0 aliphatic rings. The number of nitrogens with one attached hydrogen (secondary N) is 1. The summed E-state index contributed by atoms with van der Waals surface area (Å²) in [6, 6.07) is 0. The lowest BCUT2D eigenvalue weighted by Gasteiger charge is -2.02.